The van der Waals surface area contributed by atoms with Crippen LogP contribution < -0.4 is 0 Å². The molecule has 1 amide bonds. The third kappa shape index (κ3) is 2.21. The number of hydrogen-bond donors (Lipinski definition) is 2. The summed E-state index contributed by atoms with van der Waals surface area (Å²) >= 11 is 0. The van der Waals surface area contributed by atoms with Gasteiger partial charge in [0.15, 0.2) is 5.82 Å². The molecule has 0 aromatic carbocycles. The van der Waals surface area contributed by atoms with Crippen LogP contribution in [0.3, 0.4) is 0 Å². The highest BCUT2D eigenvalue weighted by Crippen LogP contribution is 1.99. The molecule has 1 heterocycles. The summed E-state index contributed by atoms with van der Waals surface area (Å²) in [4.78, 5) is 19.9. The van der Waals surface area contributed by atoms with Crippen LogP contribution in [0.4, 0.5) is 0 Å². The van der Waals surface area contributed by atoms with E-state index in [1.54, 1.807) is 0 Å². The minimum absolute atomic E-state index is 0.0463. The van der Waals surface area contributed by atoms with Gasteiger partial charge in [-0.15, -0.1) is 0 Å². The first kappa shape index (κ1) is 7.46. The zero-order valence-corrected chi connectivity index (χ0v) is 5.90. The number of carbonyl (C=O) groups is 1. The molecule has 1 rings (SSSR count). The molecule has 1 aromatic heterocycles. The van der Waals surface area contributed by atoms with E-state index in [4.69, 9.17) is 5.11 Å². The van der Waals surface area contributed by atoms with Crippen LogP contribution >= 0.6 is 0 Å². The third-order valence-corrected chi connectivity index (χ3v) is 0.951. The predicted octanol–water partition coefficient (Wildman–Crippen LogP) is 0.0807. The molecule has 11 heavy (non-hydrogen) atoms. The highest BCUT2D eigenvalue weighted by molar-refractivity contribution is 5.88. The fraction of sp³-hybridized carbons (Fsp3) is 0.167. The maximum atomic E-state index is 10.3. The lowest BCUT2D eigenvalue weighted by molar-refractivity contribution is -0.115. The number of carbonyl (C=O) groups excluding carboxylic acids is 1. The molecule has 5 nitrogen and oxygen atoms in total. The second-order valence-corrected chi connectivity index (χ2v) is 1.93. The SMILES string of the molecule is CC(=O)/N=C/c1ncc(O)[nH]1. The number of aliphatic imine (C=N–C) groups is 1. The zero-order chi connectivity index (χ0) is 8.27. The lowest BCUT2D eigenvalue weighted by Crippen LogP contribution is -1.88. The van der Waals surface area contributed by atoms with Crippen molar-refractivity contribution in [3.63, 3.8) is 0 Å². The number of imidazole rings is 1. The molecule has 0 atom stereocenters. The maximum absolute atomic E-state index is 10.3. The Morgan fingerprint density at radius 3 is 3.09 bits per heavy atom. The number of aromatic nitrogens is 2. The molecule has 0 aliphatic rings. The van der Waals surface area contributed by atoms with Crippen LogP contribution in [-0.4, -0.2) is 27.2 Å². The zero-order valence-electron chi connectivity index (χ0n) is 5.90. The van der Waals surface area contributed by atoms with Crippen LogP contribution in [0.1, 0.15) is 12.7 Å². The van der Waals surface area contributed by atoms with Gasteiger partial charge in [-0.2, -0.15) is 0 Å². The van der Waals surface area contributed by atoms with E-state index in [2.05, 4.69) is 15.0 Å². The lowest BCUT2D eigenvalue weighted by atomic mass is 10.6. The molecule has 0 spiro atoms. The molecule has 0 saturated carbocycles. The Morgan fingerprint density at radius 1 is 1.91 bits per heavy atom. The quantitative estimate of drug-likeness (QED) is 0.561. The molecule has 0 bridgehead atoms. The molecule has 2 N–H and O–H groups in total. The number of aromatic hydroxyl groups is 1. The van der Waals surface area contributed by atoms with Gasteiger partial charge in [0, 0.05) is 6.92 Å². The molecular weight excluding hydrogens is 146 g/mol. The highest BCUT2D eigenvalue weighted by Gasteiger charge is 1.93. The summed E-state index contributed by atoms with van der Waals surface area (Å²) in [6, 6.07) is 0. The van der Waals surface area contributed by atoms with Crippen molar-refractivity contribution in [1.29, 1.82) is 0 Å². The van der Waals surface area contributed by atoms with Crippen LogP contribution in [0.2, 0.25) is 0 Å². The summed E-state index contributed by atoms with van der Waals surface area (Å²) < 4.78 is 0. The van der Waals surface area contributed by atoms with Crippen molar-refractivity contribution in [3.05, 3.63) is 12.0 Å². The van der Waals surface area contributed by atoms with Crippen LogP contribution in [-0.2, 0) is 4.79 Å². The van der Waals surface area contributed by atoms with E-state index < -0.39 is 0 Å². The maximum Gasteiger partial charge on any atom is 0.242 e. The predicted molar refractivity (Wildman–Crippen MR) is 38.5 cm³/mol. The van der Waals surface area contributed by atoms with Crippen molar-refractivity contribution in [2.45, 2.75) is 6.92 Å². The van der Waals surface area contributed by atoms with E-state index in [-0.39, 0.29) is 11.8 Å². The summed E-state index contributed by atoms with van der Waals surface area (Å²) in [6.45, 7) is 1.33. The standard InChI is InChI=1S/C6H7N3O2/c1-4(10)7-2-5-8-3-6(11)9-5/h2-3,11H,1H3,(H,8,9)/b7-2+. The van der Waals surface area contributed by atoms with Crippen molar-refractivity contribution < 1.29 is 9.90 Å². The molecule has 0 unspecified atom stereocenters. The van der Waals surface area contributed by atoms with Crippen LogP contribution in [0, 0.1) is 0 Å². The number of rotatable bonds is 1. The molecule has 0 saturated heterocycles. The summed E-state index contributed by atoms with van der Waals surface area (Å²) in [6.07, 6.45) is 2.49. The molecule has 0 aliphatic carbocycles. The molecule has 58 valence electrons. The van der Waals surface area contributed by atoms with Crippen molar-refractivity contribution in [3.8, 4) is 5.88 Å². The van der Waals surface area contributed by atoms with Crippen molar-refractivity contribution in [1.82, 2.24) is 9.97 Å². The molecule has 0 radical (unpaired) electrons. The van der Waals surface area contributed by atoms with Crippen molar-refractivity contribution >= 4 is 12.1 Å². The summed E-state index contributed by atoms with van der Waals surface area (Å²) in [7, 11) is 0. The second-order valence-electron chi connectivity index (χ2n) is 1.93. The lowest BCUT2D eigenvalue weighted by Gasteiger charge is -1.80. The van der Waals surface area contributed by atoms with Crippen LogP contribution in [0.25, 0.3) is 0 Å². The van der Waals surface area contributed by atoms with Crippen LogP contribution in [0.15, 0.2) is 11.2 Å². The number of amides is 1. The summed E-state index contributed by atoms with van der Waals surface area (Å²) in [5, 5.41) is 8.75. The van der Waals surface area contributed by atoms with Gasteiger partial charge < -0.3 is 10.1 Å². The van der Waals surface area contributed by atoms with Gasteiger partial charge in [-0.25, -0.2) is 9.98 Å². The Kier molecular flexibility index (Phi) is 2.00. The molecule has 1 aromatic rings. The average Bonchev–Trinajstić information content (AvgIpc) is 2.31. The van der Waals surface area contributed by atoms with Gasteiger partial charge >= 0.3 is 0 Å². The van der Waals surface area contributed by atoms with Crippen molar-refractivity contribution in [2.24, 2.45) is 4.99 Å². The minimum atomic E-state index is -0.305. The van der Waals surface area contributed by atoms with E-state index in [0.29, 0.717) is 5.82 Å². The Bertz CT molecular complexity index is 290. The Hall–Kier alpha value is -1.65. The van der Waals surface area contributed by atoms with Gasteiger partial charge in [-0.1, -0.05) is 0 Å². The van der Waals surface area contributed by atoms with Gasteiger partial charge in [0.25, 0.3) is 0 Å². The van der Waals surface area contributed by atoms with E-state index in [0.717, 1.165) is 0 Å². The monoisotopic (exact) mass is 153 g/mol. The molecule has 0 fully saturated rings. The Morgan fingerprint density at radius 2 is 2.64 bits per heavy atom. The third-order valence-electron chi connectivity index (χ3n) is 0.951. The number of nitrogens with zero attached hydrogens (tertiary/aromatic N) is 2. The van der Waals surface area contributed by atoms with Gasteiger partial charge in [0.05, 0.1) is 12.4 Å². The van der Waals surface area contributed by atoms with Gasteiger partial charge in [0.2, 0.25) is 11.8 Å². The first-order chi connectivity index (χ1) is 5.18. The van der Waals surface area contributed by atoms with Crippen LogP contribution in [0.5, 0.6) is 5.88 Å². The fourth-order valence-corrected chi connectivity index (χ4v) is 0.544. The largest absolute Gasteiger partial charge is 0.493 e. The average molecular weight is 153 g/mol. The van der Waals surface area contributed by atoms with E-state index in [9.17, 15) is 4.79 Å². The topological polar surface area (TPSA) is 78.3 Å². The van der Waals surface area contributed by atoms with E-state index in [1.165, 1.54) is 19.3 Å². The van der Waals surface area contributed by atoms with Crippen molar-refractivity contribution in [2.75, 3.05) is 0 Å². The first-order valence-corrected chi connectivity index (χ1v) is 2.97. The number of H-pyrrole nitrogens is 1. The number of hydrogen-bond acceptors (Lipinski definition) is 3. The Balaban J connectivity index is 2.71. The van der Waals surface area contributed by atoms with E-state index >= 15 is 0 Å². The summed E-state index contributed by atoms with van der Waals surface area (Å²) in [5.41, 5.74) is 0. The summed E-state index contributed by atoms with van der Waals surface area (Å²) in [5.74, 6) is 0.00796. The molecule has 0 aliphatic heterocycles. The normalized spacial score (nSPS) is 10.6. The minimum Gasteiger partial charge on any atom is -0.493 e. The Labute approximate surface area is 62.8 Å². The number of aromatic amines is 1. The molecular formula is C6H7N3O2. The van der Waals surface area contributed by atoms with Gasteiger partial charge in [-0.3, -0.25) is 4.79 Å². The number of nitrogens with one attached hydrogen (secondary N) is 1. The highest BCUT2D eigenvalue weighted by atomic mass is 16.3. The molecule has 5 heteroatoms. The first-order valence-electron chi connectivity index (χ1n) is 2.97. The second kappa shape index (κ2) is 2.96. The smallest absolute Gasteiger partial charge is 0.242 e. The fourth-order valence-electron chi connectivity index (χ4n) is 0.544. The van der Waals surface area contributed by atoms with Gasteiger partial charge in [0.1, 0.15) is 0 Å². The van der Waals surface area contributed by atoms with E-state index in [1.807, 2.05) is 0 Å². The van der Waals surface area contributed by atoms with Gasteiger partial charge in [-0.05, 0) is 0 Å².